The van der Waals surface area contributed by atoms with E-state index in [1.807, 2.05) is 11.3 Å². The second-order valence-corrected chi connectivity index (χ2v) is 6.64. The van der Waals surface area contributed by atoms with E-state index in [0.717, 1.165) is 49.1 Å². The van der Waals surface area contributed by atoms with E-state index in [2.05, 4.69) is 11.8 Å². The molecule has 0 aromatic carbocycles. The van der Waals surface area contributed by atoms with E-state index >= 15 is 0 Å². The highest BCUT2D eigenvalue weighted by molar-refractivity contribution is 7.15. The monoisotopic (exact) mass is 266 g/mol. The number of aliphatic hydroxyl groups is 1. The van der Waals surface area contributed by atoms with Crippen LogP contribution in [0.15, 0.2) is 0 Å². The summed E-state index contributed by atoms with van der Waals surface area (Å²) in [6.07, 6.45) is 6.69. The summed E-state index contributed by atoms with van der Waals surface area (Å²) in [7, 11) is 0. The van der Waals surface area contributed by atoms with Crippen molar-refractivity contribution in [2.24, 2.45) is 5.92 Å². The SMILES string of the molecule is CCC1CCCN(c2nc3c(s2)CCCC3O)C1. The average Bonchev–Trinajstić information content (AvgIpc) is 2.84. The van der Waals surface area contributed by atoms with Crippen molar-refractivity contribution in [3.8, 4) is 0 Å². The Hall–Kier alpha value is -0.610. The van der Waals surface area contributed by atoms with Gasteiger partial charge in [0.2, 0.25) is 0 Å². The molecule has 1 aliphatic heterocycles. The molecule has 1 saturated heterocycles. The van der Waals surface area contributed by atoms with Crippen molar-refractivity contribution in [1.29, 1.82) is 0 Å². The third kappa shape index (κ3) is 2.28. The molecule has 0 radical (unpaired) electrons. The maximum Gasteiger partial charge on any atom is 0.185 e. The van der Waals surface area contributed by atoms with Crippen LogP contribution in [0.1, 0.15) is 55.7 Å². The molecule has 3 nitrogen and oxygen atoms in total. The van der Waals surface area contributed by atoms with E-state index in [-0.39, 0.29) is 6.10 Å². The van der Waals surface area contributed by atoms with Gasteiger partial charge in [0.05, 0.1) is 11.8 Å². The van der Waals surface area contributed by atoms with Gasteiger partial charge in [-0.15, -0.1) is 11.3 Å². The van der Waals surface area contributed by atoms with Crippen LogP contribution in [0.25, 0.3) is 0 Å². The summed E-state index contributed by atoms with van der Waals surface area (Å²) in [4.78, 5) is 8.48. The van der Waals surface area contributed by atoms with Gasteiger partial charge in [-0.2, -0.15) is 0 Å². The second kappa shape index (κ2) is 5.17. The van der Waals surface area contributed by atoms with Crippen molar-refractivity contribution >= 4 is 16.5 Å². The molecule has 0 amide bonds. The van der Waals surface area contributed by atoms with Gasteiger partial charge in [-0.3, -0.25) is 0 Å². The highest BCUT2D eigenvalue weighted by Gasteiger charge is 2.26. The van der Waals surface area contributed by atoms with E-state index < -0.39 is 0 Å². The summed E-state index contributed by atoms with van der Waals surface area (Å²) in [5, 5.41) is 11.1. The van der Waals surface area contributed by atoms with Gasteiger partial charge in [-0.1, -0.05) is 13.3 Å². The smallest absolute Gasteiger partial charge is 0.185 e. The molecule has 18 heavy (non-hydrogen) atoms. The summed E-state index contributed by atoms with van der Waals surface area (Å²) < 4.78 is 0. The Labute approximate surface area is 113 Å². The lowest BCUT2D eigenvalue weighted by atomic mass is 9.96. The molecule has 2 aliphatic rings. The van der Waals surface area contributed by atoms with E-state index in [9.17, 15) is 5.11 Å². The molecule has 4 heteroatoms. The fraction of sp³-hybridized carbons (Fsp3) is 0.786. The number of piperidine rings is 1. The van der Waals surface area contributed by atoms with Crippen LogP contribution in [-0.2, 0) is 6.42 Å². The van der Waals surface area contributed by atoms with Crippen LogP contribution < -0.4 is 4.90 Å². The lowest BCUT2D eigenvalue weighted by Crippen LogP contribution is -2.35. The first-order valence-corrected chi connectivity index (χ1v) is 8.02. The summed E-state index contributed by atoms with van der Waals surface area (Å²) in [6, 6.07) is 0. The van der Waals surface area contributed by atoms with Gasteiger partial charge in [-0.25, -0.2) is 4.98 Å². The number of aliphatic hydroxyl groups excluding tert-OH is 1. The van der Waals surface area contributed by atoms with Crippen LogP contribution in [-0.4, -0.2) is 23.2 Å². The topological polar surface area (TPSA) is 36.4 Å². The van der Waals surface area contributed by atoms with Crippen molar-refractivity contribution in [3.05, 3.63) is 10.6 Å². The molecule has 1 fully saturated rings. The molecular weight excluding hydrogens is 244 g/mol. The minimum Gasteiger partial charge on any atom is -0.387 e. The Kier molecular flexibility index (Phi) is 3.57. The first-order chi connectivity index (χ1) is 8.78. The number of nitrogens with zero attached hydrogens (tertiary/aromatic N) is 2. The zero-order valence-electron chi connectivity index (χ0n) is 11.1. The van der Waals surface area contributed by atoms with Gasteiger partial charge in [0, 0.05) is 18.0 Å². The Morgan fingerprint density at radius 3 is 3.06 bits per heavy atom. The molecule has 3 rings (SSSR count). The van der Waals surface area contributed by atoms with Gasteiger partial charge >= 0.3 is 0 Å². The maximum absolute atomic E-state index is 10.00. The zero-order chi connectivity index (χ0) is 12.5. The minimum atomic E-state index is -0.314. The van der Waals surface area contributed by atoms with Gasteiger partial charge in [0.15, 0.2) is 5.13 Å². The van der Waals surface area contributed by atoms with Crippen molar-refractivity contribution in [2.45, 2.75) is 51.6 Å². The maximum atomic E-state index is 10.00. The van der Waals surface area contributed by atoms with Crippen LogP contribution in [0.3, 0.4) is 0 Å². The highest BCUT2D eigenvalue weighted by atomic mass is 32.1. The number of hydrogen-bond acceptors (Lipinski definition) is 4. The molecular formula is C14H22N2OS. The molecule has 2 heterocycles. The second-order valence-electron chi connectivity index (χ2n) is 5.58. The Bertz CT molecular complexity index is 418. The van der Waals surface area contributed by atoms with Crippen LogP contribution in [0.2, 0.25) is 0 Å². The van der Waals surface area contributed by atoms with Crippen LogP contribution >= 0.6 is 11.3 Å². The Balaban J connectivity index is 1.80. The van der Waals surface area contributed by atoms with Crippen LogP contribution in [0.4, 0.5) is 5.13 Å². The molecule has 2 atom stereocenters. The fourth-order valence-electron chi connectivity index (χ4n) is 3.09. The molecule has 1 aliphatic carbocycles. The average molecular weight is 266 g/mol. The largest absolute Gasteiger partial charge is 0.387 e. The lowest BCUT2D eigenvalue weighted by Gasteiger charge is -2.31. The van der Waals surface area contributed by atoms with Crippen LogP contribution in [0, 0.1) is 5.92 Å². The van der Waals surface area contributed by atoms with Gasteiger partial charge < -0.3 is 10.0 Å². The predicted molar refractivity (Wildman–Crippen MR) is 75.2 cm³/mol. The first-order valence-electron chi connectivity index (χ1n) is 7.20. The molecule has 0 saturated carbocycles. The molecule has 100 valence electrons. The number of anilines is 1. The van der Waals surface area contributed by atoms with E-state index in [0.29, 0.717) is 0 Å². The van der Waals surface area contributed by atoms with Gasteiger partial charge in [-0.05, 0) is 38.0 Å². The van der Waals surface area contributed by atoms with E-state index in [4.69, 9.17) is 4.98 Å². The third-order valence-corrected chi connectivity index (χ3v) is 5.47. The number of aromatic nitrogens is 1. The third-order valence-electron chi connectivity index (χ3n) is 4.28. The van der Waals surface area contributed by atoms with E-state index in [1.54, 1.807) is 0 Å². The summed E-state index contributed by atoms with van der Waals surface area (Å²) in [5.41, 5.74) is 0.972. The summed E-state index contributed by atoms with van der Waals surface area (Å²) >= 11 is 1.81. The minimum absolute atomic E-state index is 0.314. The molecule has 1 aromatic rings. The van der Waals surface area contributed by atoms with Gasteiger partial charge in [0.25, 0.3) is 0 Å². The number of hydrogen-bond donors (Lipinski definition) is 1. The normalized spacial score (nSPS) is 28.2. The van der Waals surface area contributed by atoms with Crippen molar-refractivity contribution in [2.75, 3.05) is 18.0 Å². The number of rotatable bonds is 2. The predicted octanol–water partition coefficient (Wildman–Crippen LogP) is 3.14. The standard InChI is InChI=1S/C14H22N2OS/c1-2-10-5-4-8-16(9-10)14-15-13-11(17)6-3-7-12(13)18-14/h10-11,17H,2-9H2,1H3. The highest BCUT2D eigenvalue weighted by Crippen LogP contribution is 2.37. The van der Waals surface area contributed by atoms with Crippen LogP contribution in [0.5, 0.6) is 0 Å². The van der Waals surface area contributed by atoms with Crippen molar-refractivity contribution in [3.63, 3.8) is 0 Å². The summed E-state index contributed by atoms with van der Waals surface area (Å²) in [5.74, 6) is 0.824. The van der Waals surface area contributed by atoms with Crippen molar-refractivity contribution in [1.82, 2.24) is 4.98 Å². The number of thiazole rings is 1. The van der Waals surface area contributed by atoms with E-state index in [1.165, 1.54) is 24.1 Å². The number of fused-ring (bicyclic) bond motifs is 1. The molecule has 0 spiro atoms. The lowest BCUT2D eigenvalue weighted by molar-refractivity contribution is 0.153. The fourth-order valence-corrected chi connectivity index (χ4v) is 4.28. The molecule has 0 bridgehead atoms. The Morgan fingerprint density at radius 1 is 1.39 bits per heavy atom. The quantitative estimate of drug-likeness (QED) is 0.893. The van der Waals surface area contributed by atoms with Crippen molar-refractivity contribution < 1.29 is 5.11 Å². The summed E-state index contributed by atoms with van der Waals surface area (Å²) in [6.45, 7) is 4.57. The zero-order valence-corrected chi connectivity index (χ0v) is 11.9. The number of aryl methyl sites for hydroxylation is 1. The molecule has 1 aromatic heterocycles. The van der Waals surface area contributed by atoms with Gasteiger partial charge in [0.1, 0.15) is 0 Å². The Morgan fingerprint density at radius 2 is 2.28 bits per heavy atom. The first kappa shape index (κ1) is 12.4. The molecule has 1 N–H and O–H groups in total. The molecule has 2 unspecified atom stereocenters.